The Morgan fingerprint density at radius 2 is 2.20 bits per heavy atom. The fraction of sp³-hybridized carbons (Fsp3) is 0.231. The van der Waals surface area contributed by atoms with E-state index in [1.54, 1.807) is 6.33 Å². The van der Waals surface area contributed by atoms with Gasteiger partial charge in [-0.2, -0.15) is 0 Å². The highest BCUT2D eigenvalue weighted by molar-refractivity contribution is 7.15. The first-order chi connectivity index (χ1) is 9.72. The Morgan fingerprint density at radius 3 is 3.00 bits per heavy atom. The quantitative estimate of drug-likeness (QED) is 0.798. The summed E-state index contributed by atoms with van der Waals surface area (Å²) < 4.78 is 1.97. The summed E-state index contributed by atoms with van der Waals surface area (Å²) in [6, 6.07) is 7.86. The molecule has 0 aliphatic rings. The summed E-state index contributed by atoms with van der Waals surface area (Å²) >= 11 is 1.37. The predicted molar refractivity (Wildman–Crippen MR) is 77.6 cm³/mol. The third kappa shape index (κ3) is 2.67. The number of amides is 1. The Bertz CT molecular complexity index is 748. The van der Waals surface area contributed by atoms with Crippen LogP contribution in [0.15, 0.2) is 30.6 Å². The number of hydrogen-bond acceptors (Lipinski definition) is 5. The molecule has 20 heavy (non-hydrogen) atoms. The maximum Gasteiger partial charge on any atom is 0.227 e. The Labute approximate surface area is 119 Å². The number of fused-ring (bicyclic) bond motifs is 1. The van der Waals surface area contributed by atoms with E-state index in [4.69, 9.17) is 0 Å². The minimum absolute atomic E-state index is 0.0704. The topological polar surface area (TPSA) is 72.7 Å². The zero-order valence-electron chi connectivity index (χ0n) is 10.9. The van der Waals surface area contributed by atoms with Gasteiger partial charge >= 0.3 is 0 Å². The van der Waals surface area contributed by atoms with Crippen LogP contribution in [0.3, 0.4) is 0 Å². The number of hydrogen-bond donors (Lipinski definition) is 1. The first-order valence-electron chi connectivity index (χ1n) is 6.22. The molecule has 0 aliphatic carbocycles. The number of carbonyl (C=O) groups excluding carboxylic acids is 1. The van der Waals surface area contributed by atoms with Crippen molar-refractivity contribution in [3.8, 4) is 0 Å². The molecule has 1 amide bonds. The minimum Gasteiger partial charge on any atom is -0.330 e. The van der Waals surface area contributed by atoms with E-state index in [1.165, 1.54) is 11.3 Å². The molecule has 7 heteroatoms. The number of aryl methyl sites for hydroxylation is 2. The Balaban J connectivity index is 1.63. The van der Waals surface area contributed by atoms with Crippen LogP contribution in [-0.4, -0.2) is 25.7 Å². The molecule has 0 saturated heterocycles. The molecule has 6 nitrogen and oxygen atoms in total. The second-order valence-electron chi connectivity index (χ2n) is 4.35. The van der Waals surface area contributed by atoms with Crippen molar-refractivity contribution in [3.05, 3.63) is 35.6 Å². The number of carbonyl (C=O) groups is 1. The van der Waals surface area contributed by atoms with E-state index in [0.717, 1.165) is 16.0 Å². The van der Waals surface area contributed by atoms with Crippen LogP contribution in [0.25, 0.3) is 11.0 Å². The molecule has 3 rings (SSSR count). The third-order valence-corrected chi connectivity index (χ3v) is 3.63. The van der Waals surface area contributed by atoms with Crippen LogP contribution in [0.4, 0.5) is 5.13 Å². The summed E-state index contributed by atoms with van der Waals surface area (Å²) in [7, 11) is 0. The number of benzene rings is 1. The van der Waals surface area contributed by atoms with E-state index < -0.39 is 0 Å². The maximum atomic E-state index is 11.8. The summed E-state index contributed by atoms with van der Waals surface area (Å²) in [5, 5.41) is 11.9. The number of anilines is 1. The second kappa shape index (κ2) is 5.38. The first-order valence-corrected chi connectivity index (χ1v) is 7.04. The summed E-state index contributed by atoms with van der Waals surface area (Å²) in [5.41, 5.74) is 1.97. The van der Waals surface area contributed by atoms with Gasteiger partial charge in [-0.1, -0.05) is 23.5 Å². The van der Waals surface area contributed by atoms with Crippen molar-refractivity contribution < 1.29 is 4.79 Å². The van der Waals surface area contributed by atoms with Crippen molar-refractivity contribution in [3.63, 3.8) is 0 Å². The van der Waals surface area contributed by atoms with Gasteiger partial charge in [-0.15, -0.1) is 10.2 Å². The molecule has 0 bridgehead atoms. The molecule has 2 aromatic heterocycles. The average molecular weight is 287 g/mol. The number of rotatable bonds is 4. The van der Waals surface area contributed by atoms with Crippen molar-refractivity contribution in [2.45, 2.75) is 19.9 Å². The smallest absolute Gasteiger partial charge is 0.227 e. The van der Waals surface area contributed by atoms with Crippen LogP contribution in [0.5, 0.6) is 0 Å². The van der Waals surface area contributed by atoms with Crippen molar-refractivity contribution in [1.82, 2.24) is 19.7 Å². The Hall–Kier alpha value is -2.28. The van der Waals surface area contributed by atoms with Crippen LogP contribution in [0, 0.1) is 6.92 Å². The van der Waals surface area contributed by atoms with Gasteiger partial charge in [0.15, 0.2) is 0 Å². The molecule has 0 aliphatic heterocycles. The number of para-hydroxylation sites is 2. The summed E-state index contributed by atoms with van der Waals surface area (Å²) in [6.45, 7) is 2.44. The molecule has 102 valence electrons. The van der Waals surface area contributed by atoms with Gasteiger partial charge in [-0.3, -0.25) is 4.79 Å². The van der Waals surface area contributed by atoms with Gasteiger partial charge in [0.1, 0.15) is 5.01 Å². The van der Waals surface area contributed by atoms with Gasteiger partial charge in [-0.25, -0.2) is 4.98 Å². The summed E-state index contributed by atoms with van der Waals surface area (Å²) in [4.78, 5) is 16.1. The summed E-state index contributed by atoms with van der Waals surface area (Å²) in [5.74, 6) is -0.0704. The lowest BCUT2D eigenvalue weighted by molar-refractivity contribution is -0.116. The van der Waals surface area contributed by atoms with Gasteiger partial charge < -0.3 is 9.88 Å². The van der Waals surface area contributed by atoms with E-state index in [1.807, 2.05) is 35.8 Å². The normalized spacial score (nSPS) is 10.8. The van der Waals surface area contributed by atoms with Crippen molar-refractivity contribution in [2.24, 2.45) is 0 Å². The lowest BCUT2D eigenvalue weighted by atomic mass is 10.3. The van der Waals surface area contributed by atoms with E-state index in [-0.39, 0.29) is 5.91 Å². The molecule has 3 aromatic rings. The number of nitrogens with zero attached hydrogens (tertiary/aromatic N) is 4. The molecule has 0 fully saturated rings. The van der Waals surface area contributed by atoms with Crippen LogP contribution in [0.1, 0.15) is 11.4 Å². The first kappa shape index (κ1) is 12.7. The highest BCUT2D eigenvalue weighted by atomic mass is 32.1. The largest absolute Gasteiger partial charge is 0.330 e. The average Bonchev–Trinajstić information content (AvgIpc) is 3.03. The third-order valence-electron chi connectivity index (χ3n) is 2.88. The molecule has 0 unspecified atom stereocenters. The van der Waals surface area contributed by atoms with E-state index in [2.05, 4.69) is 20.5 Å². The second-order valence-corrected chi connectivity index (χ2v) is 5.53. The van der Waals surface area contributed by atoms with Gasteiger partial charge in [0.25, 0.3) is 0 Å². The van der Waals surface area contributed by atoms with Crippen molar-refractivity contribution in [2.75, 3.05) is 5.32 Å². The molecular formula is C13H13N5OS. The standard InChI is InChI=1S/C13H13N5OS/c1-9-16-17-13(20-9)15-12(19)6-7-18-8-14-10-4-2-3-5-11(10)18/h2-5,8H,6-7H2,1H3,(H,15,17,19). The Kier molecular flexibility index (Phi) is 3.42. The molecule has 1 aromatic carbocycles. The SMILES string of the molecule is Cc1nnc(NC(=O)CCn2cnc3ccccc32)s1. The fourth-order valence-electron chi connectivity index (χ4n) is 1.94. The molecule has 0 spiro atoms. The van der Waals surface area contributed by atoms with Crippen LogP contribution < -0.4 is 5.32 Å². The van der Waals surface area contributed by atoms with Gasteiger partial charge in [0.05, 0.1) is 17.4 Å². The highest BCUT2D eigenvalue weighted by Gasteiger charge is 2.08. The lowest BCUT2D eigenvalue weighted by Gasteiger charge is -2.04. The number of aromatic nitrogens is 4. The highest BCUT2D eigenvalue weighted by Crippen LogP contribution is 2.15. The van der Waals surface area contributed by atoms with E-state index >= 15 is 0 Å². The van der Waals surface area contributed by atoms with Gasteiger partial charge in [0, 0.05) is 13.0 Å². The van der Waals surface area contributed by atoms with Crippen LogP contribution in [-0.2, 0) is 11.3 Å². The Morgan fingerprint density at radius 1 is 1.35 bits per heavy atom. The fourth-order valence-corrected chi connectivity index (χ4v) is 2.55. The number of imidazole rings is 1. The molecule has 1 N–H and O–H groups in total. The van der Waals surface area contributed by atoms with Gasteiger partial charge in [0.2, 0.25) is 11.0 Å². The number of nitrogens with one attached hydrogen (secondary N) is 1. The molecular weight excluding hydrogens is 274 g/mol. The molecule has 2 heterocycles. The van der Waals surface area contributed by atoms with Crippen molar-refractivity contribution >= 4 is 33.4 Å². The van der Waals surface area contributed by atoms with Gasteiger partial charge in [-0.05, 0) is 19.1 Å². The van der Waals surface area contributed by atoms with E-state index in [9.17, 15) is 4.79 Å². The zero-order chi connectivity index (χ0) is 13.9. The maximum absolute atomic E-state index is 11.8. The molecule has 0 atom stereocenters. The minimum atomic E-state index is -0.0704. The zero-order valence-corrected chi connectivity index (χ0v) is 11.7. The monoisotopic (exact) mass is 287 g/mol. The molecule has 0 radical (unpaired) electrons. The van der Waals surface area contributed by atoms with Crippen molar-refractivity contribution in [1.29, 1.82) is 0 Å². The molecule has 0 saturated carbocycles. The lowest BCUT2D eigenvalue weighted by Crippen LogP contribution is -2.14. The van der Waals surface area contributed by atoms with Crippen LogP contribution >= 0.6 is 11.3 Å². The summed E-state index contributed by atoms with van der Waals surface area (Å²) in [6.07, 6.45) is 2.13. The predicted octanol–water partition coefficient (Wildman–Crippen LogP) is 2.23. The van der Waals surface area contributed by atoms with E-state index in [0.29, 0.717) is 18.1 Å². The van der Waals surface area contributed by atoms with Crippen LogP contribution in [0.2, 0.25) is 0 Å².